The van der Waals surface area contributed by atoms with Crippen LogP contribution in [0.15, 0.2) is 62.6 Å². The molecule has 0 aliphatic heterocycles. The van der Waals surface area contributed by atoms with Gasteiger partial charge in [-0.05, 0) is 30.4 Å². The van der Waals surface area contributed by atoms with E-state index in [2.05, 4.69) is 42.4 Å². The predicted molar refractivity (Wildman–Crippen MR) is 93.8 cm³/mol. The Morgan fingerprint density at radius 3 is 2.30 bits per heavy atom. The summed E-state index contributed by atoms with van der Waals surface area (Å²) in [6.07, 6.45) is 0. The Morgan fingerprint density at radius 1 is 1.05 bits per heavy atom. The third-order valence-electron chi connectivity index (χ3n) is 2.52. The number of rotatable bonds is 3. The Kier molecular flexibility index (Phi) is 5.28. The van der Waals surface area contributed by atoms with Crippen molar-refractivity contribution in [1.82, 2.24) is 5.43 Å². The van der Waals surface area contributed by atoms with Gasteiger partial charge in [-0.2, -0.15) is 5.10 Å². The van der Waals surface area contributed by atoms with Gasteiger partial charge in [0.25, 0.3) is 0 Å². The molecule has 20 heavy (non-hydrogen) atoms. The van der Waals surface area contributed by atoms with Gasteiger partial charge in [0.05, 0.1) is 5.71 Å². The van der Waals surface area contributed by atoms with Gasteiger partial charge < -0.3 is 5.73 Å². The first-order valence-corrected chi connectivity index (χ1v) is 7.71. The van der Waals surface area contributed by atoms with Gasteiger partial charge >= 0.3 is 0 Å². The number of thiocarbonyl (C=S) groups is 1. The maximum atomic E-state index is 5.45. The maximum absolute atomic E-state index is 5.45. The van der Waals surface area contributed by atoms with Crippen molar-refractivity contribution < 1.29 is 0 Å². The number of nitrogens with zero attached hydrogens (tertiary/aromatic N) is 1. The van der Waals surface area contributed by atoms with E-state index in [1.54, 1.807) is 0 Å². The molecule has 0 heterocycles. The lowest BCUT2D eigenvalue weighted by Crippen LogP contribution is -2.26. The second-order valence-corrected chi connectivity index (χ2v) is 6.13. The van der Waals surface area contributed by atoms with Gasteiger partial charge in [0.2, 0.25) is 0 Å². The van der Waals surface area contributed by atoms with E-state index in [1.165, 1.54) is 0 Å². The topological polar surface area (TPSA) is 50.4 Å². The Hall–Kier alpha value is -1.24. The second-order valence-electron chi connectivity index (χ2n) is 3.92. The molecule has 3 N–H and O–H groups in total. The van der Waals surface area contributed by atoms with E-state index in [0.29, 0.717) is 0 Å². The highest BCUT2D eigenvalue weighted by Crippen LogP contribution is 2.21. The zero-order chi connectivity index (χ0) is 14.5. The first kappa shape index (κ1) is 15.2. The maximum Gasteiger partial charge on any atom is 0.184 e. The van der Waals surface area contributed by atoms with Crippen molar-refractivity contribution in [3.63, 3.8) is 0 Å². The summed E-state index contributed by atoms with van der Waals surface area (Å²) in [6.45, 7) is 0. The van der Waals surface area contributed by atoms with Gasteiger partial charge in [-0.15, -0.1) is 0 Å². The van der Waals surface area contributed by atoms with Crippen LogP contribution in [0, 0.1) is 0 Å². The fourth-order valence-electron chi connectivity index (χ4n) is 1.65. The van der Waals surface area contributed by atoms with Gasteiger partial charge in [-0.25, -0.2) is 0 Å². The van der Waals surface area contributed by atoms with Crippen molar-refractivity contribution in [2.75, 3.05) is 0 Å². The lowest BCUT2D eigenvalue weighted by Gasteiger charge is -2.10. The SMILES string of the molecule is NC(=S)N/N=C(/c1ccc(Br)cc1)c1ccccc1Br. The van der Waals surface area contributed by atoms with E-state index in [1.807, 2.05) is 48.5 Å². The van der Waals surface area contributed by atoms with Crippen LogP contribution in [0.1, 0.15) is 11.1 Å². The molecule has 102 valence electrons. The summed E-state index contributed by atoms with van der Waals surface area (Å²) < 4.78 is 1.96. The Labute approximate surface area is 139 Å². The number of nitrogens with two attached hydrogens (primary N) is 1. The number of hydrogen-bond acceptors (Lipinski definition) is 2. The average molecular weight is 413 g/mol. The Morgan fingerprint density at radius 2 is 1.70 bits per heavy atom. The third kappa shape index (κ3) is 3.88. The largest absolute Gasteiger partial charge is 0.375 e. The van der Waals surface area contributed by atoms with Crippen LogP contribution in [0.4, 0.5) is 0 Å². The van der Waals surface area contributed by atoms with Gasteiger partial charge in [0.15, 0.2) is 5.11 Å². The molecule has 0 fully saturated rings. The average Bonchev–Trinajstić information content (AvgIpc) is 2.42. The van der Waals surface area contributed by atoms with Crippen molar-refractivity contribution in [2.45, 2.75) is 0 Å². The summed E-state index contributed by atoms with van der Waals surface area (Å²) in [5.41, 5.74) is 10.8. The molecule has 0 amide bonds. The standard InChI is InChI=1S/C14H11Br2N3S/c15-10-7-5-9(6-8-10)13(18-19-14(17)20)11-3-1-2-4-12(11)16/h1-8H,(H3,17,19,20)/b18-13-. The number of nitrogens with one attached hydrogen (secondary N) is 1. The van der Waals surface area contributed by atoms with Gasteiger partial charge in [-0.3, -0.25) is 5.43 Å². The van der Waals surface area contributed by atoms with Crippen molar-refractivity contribution in [1.29, 1.82) is 0 Å². The minimum Gasteiger partial charge on any atom is -0.375 e. The first-order valence-electron chi connectivity index (χ1n) is 5.72. The molecule has 2 aromatic carbocycles. The molecule has 2 rings (SSSR count). The molecule has 0 saturated carbocycles. The normalized spacial score (nSPS) is 11.2. The van der Waals surface area contributed by atoms with E-state index >= 15 is 0 Å². The molecule has 0 aliphatic rings. The number of halogens is 2. The molecular weight excluding hydrogens is 402 g/mol. The highest BCUT2D eigenvalue weighted by Gasteiger charge is 2.10. The van der Waals surface area contributed by atoms with E-state index in [-0.39, 0.29) is 5.11 Å². The summed E-state index contributed by atoms with van der Waals surface area (Å²) in [4.78, 5) is 0. The van der Waals surface area contributed by atoms with Crippen molar-refractivity contribution in [3.05, 3.63) is 68.6 Å². The molecule has 0 aliphatic carbocycles. The molecule has 2 aromatic rings. The fourth-order valence-corrected chi connectivity index (χ4v) is 2.43. The van der Waals surface area contributed by atoms with Crippen LogP contribution in [0.25, 0.3) is 0 Å². The van der Waals surface area contributed by atoms with Crippen LogP contribution in [-0.4, -0.2) is 10.8 Å². The minimum atomic E-state index is 0.131. The molecular formula is C14H11Br2N3S. The van der Waals surface area contributed by atoms with Crippen molar-refractivity contribution >= 4 is 54.9 Å². The summed E-state index contributed by atoms with van der Waals surface area (Å²) in [5.74, 6) is 0. The molecule has 0 spiro atoms. The lowest BCUT2D eigenvalue weighted by atomic mass is 10.0. The summed E-state index contributed by atoms with van der Waals surface area (Å²) in [7, 11) is 0. The Bertz CT molecular complexity index is 654. The summed E-state index contributed by atoms with van der Waals surface area (Å²) >= 11 is 11.8. The smallest absolute Gasteiger partial charge is 0.184 e. The summed E-state index contributed by atoms with van der Waals surface area (Å²) in [6, 6.07) is 15.7. The number of hydrazone groups is 1. The van der Waals surface area contributed by atoms with Gasteiger partial charge in [0.1, 0.15) is 0 Å². The highest BCUT2D eigenvalue weighted by molar-refractivity contribution is 9.10. The fraction of sp³-hybridized carbons (Fsp3) is 0. The summed E-state index contributed by atoms with van der Waals surface area (Å²) in [5, 5.41) is 4.44. The zero-order valence-corrected chi connectivity index (χ0v) is 14.3. The molecule has 0 saturated heterocycles. The van der Waals surface area contributed by atoms with Crippen molar-refractivity contribution in [2.24, 2.45) is 10.8 Å². The Balaban J connectivity index is 2.50. The molecule has 0 bridgehead atoms. The molecule has 0 atom stereocenters. The van der Waals surface area contributed by atoms with E-state index in [9.17, 15) is 0 Å². The van der Waals surface area contributed by atoms with Crippen LogP contribution >= 0.6 is 44.1 Å². The van der Waals surface area contributed by atoms with E-state index < -0.39 is 0 Å². The van der Waals surface area contributed by atoms with Crippen LogP contribution in [0.2, 0.25) is 0 Å². The predicted octanol–water partition coefficient (Wildman–Crippen LogP) is 3.80. The monoisotopic (exact) mass is 411 g/mol. The number of benzene rings is 2. The molecule has 0 radical (unpaired) electrons. The van der Waals surface area contributed by atoms with Crippen LogP contribution < -0.4 is 11.2 Å². The van der Waals surface area contributed by atoms with Gasteiger partial charge in [0, 0.05) is 20.1 Å². The van der Waals surface area contributed by atoms with E-state index in [4.69, 9.17) is 18.0 Å². The molecule has 0 unspecified atom stereocenters. The first-order chi connectivity index (χ1) is 9.58. The molecule has 3 nitrogen and oxygen atoms in total. The second kappa shape index (κ2) is 6.97. The van der Waals surface area contributed by atoms with Crippen LogP contribution in [0.5, 0.6) is 0 Å². The van der Waals surface area contributed by atoms with Crippen LogP contribution in [0.3, 0.4) is 0 Å². The van der Waals surface area contributed by atoms with Crippen molar-refractivity contribution in [3.8, 4) is 0 Å². The quantitative estimate of drug-likeness (QED) is 0.458. The lowest BCUT2D eigenvalue weighted by molar-refractivity contribution is 1.03. The molecule has 6 heteroatoms. The van der Waals surface area contributed by atoms with E-state index in [0.717, 1.165) is 25.8 Å². The highest BCUT2D eigenvalue weighted by atomic mass is 79.9. The zero-order valence-electron chi connectivity index (χ0n) is 10.3. The third-order valence-corrected chi connectivity index (χ3v) is 3.84. The molecule has 0 aromatic heterocycles. The minimum absolute atomic E-state index is 0.131. The van der Waals surface area contributed by atoms with Crippen LogP contribution in [-0.2, 0) is 0 Å². The number of hydrogen-bond donors (Lipinski definition) is 2. The van der Waals surface area contributed by atoms with Gasteiger partial charge in [-0.1, -0.05) is 62.2 Å².